The summed E-state index contributed by atoms with van der Waals surface area (Å²) in [5.74, 6) is 1.76. The molecule has 0 radical (unpaired) electrons. The van der Waals surface area contributed by atoms with Gasteiger partial charge in [-0.25, -0.2) is 0 Å². The molecule has 5 heteroatoms. The Morgan fingerprint density at radius 1 is 1.52 bits per heavy atom. The number of nitrogens with one attached hydrogen (secondary N) is 1. The molecule has 0 amide bonds. The number of hydrogen-bond donors (Lipinski definition) is 3. The molecule has 5 nitrogen and oxygen atoms in total. The highest BCUT2D eigenvalue weighted by Gasteiger charge is 2.25. The zero-order valence-corrected chi connectivity index (χ0v) is 13.1. The molecule has 0 aliphatic carbocycles. The van der Waals surface area contributed by atoms with Gasteiger partial charge in [0.05, 0.1) is 7.11 Å². The number of ether oxygens (including phenoxy) is 2. The first-order chi connectivity index (χ1) is 10.1. The van der Waals surface area contributed by atoms with Crippen molar-refractivity contribution in [2.45, 2.75) is 44.9 Å². The summed E-state index contributed by atoms with van der Waals surface area (Å²) in [5.41, 5.74) is 8.12. The van der Waals surface area contributed by atoms with Gasteiger partial charge in [-0.3, -0.25) is 0 Å². The van der Waals surface area contributed by atoms with E-state index in [0.29, 0.717) is 13.0 Å². The largest absolute Gasteiger partial charge is 0.496 e. The Hall–Kier alpha value is -1.30. The first kappa shape index (κ1) is 16.1. The number of aliphatic hydroxyl groups is 1. The van der Waals surface area contributed by atoms with E-state index in [4.69, 9.17) is 20.3 Å². The van der Waals surface area contributed by atoms with E-state index < -0.39 is 0 Å². The van der Waals surface area contributed by atoms with Crippen molar-refractivity contribution in [3.05, 3.63) is 23.3 Å². The van der Waals surface area contributed by atoms with E-state index in [0.717, 1.165) is 23.5 Å². The fraction of sp³-hybridized carbons (Fsp3) is 0.625. The van der Waals surface area contributed by atoms with E-state index >= 15 is 0 Å². The van der Waals surface area contributed by atoms with Crippen LogP contribution in [0, 0.1) is 0 Å². The molecule has 1 heterocycles. The molecule has 3 unspecified atom stereocenters. The van der Waals surface area contributed by atoms with Gasteiger partial charge >= 0.3 is 0 Å². The van der Waals surface area contributed by atoms with Crippen LogP contribution in [0.25, 0.3) is 0 Å². The summed E-state index contributed by atoms with van der Waals surface area (Å²) in [6.07, 6.45) is 1.81. The average molecular weight is 294 g/mol. The number of fused-ring (bicyclic) bond motifs is 1. The first-order valence-electron chi connectivity index (χ1n) is 7.53. The van der Waals surface area contributed by atoms with E-state index in [2.05, 4.69) is 18.3 Å². The highest BCUT2D eigenvalue weighted by molar-refractivity contribution is 5.50. The maximum Gasteiger partial charge on any atom is 0.124 e. The third-order valence-electron chi connectivity index (χ3n) is 3.91. The molecular formula is C16H26N2O3. The van der Waals surface area contributed by atoms with Crippen molar-refractivity contribution in [3.8, 4) is 11.5 Å². The summed E-state index contributed by atoms with van der Waals surface area (Å²) in [6, 6.07) is 4.25. The van der Waals surface area contributed by atoms with Crippen molar-refractivity contribution in [3.63, 3.8) is 0 Å². The molecule has 1 aromatic rings. The SMILES string of the molecule is COc1cc2c(cc1C(CN)NC(C)CCO)OC(C)C2. The lowest BCUT2D eigenvalue weighted by Gasteiger charge is -2.24. The molecule has 1 aliphatic heterocycles. The van der Waals surface area contributed by atoms with Crippen molar-refractivity contribution < 1.29 is 14.6 Å². The summed E-state index contributed by atoms with van der Waals surface area (Å²) in [4.78, 5) is 0. The van der Waals surface area contributed by atoms with Gasteiger partial charge in [-0.15, -0.1) is 0 Å². The molecule has 21 heavy (non-hydrogen) atoms. The Bertz CT molecular complexity index is 479. The van der Waals surface area contributed by atoms with Crippen molar-refractivity contribution in [1.82, 2.24) is 5.32 Å². The normalized spacial score (nSPS) is 19.8. The zero-order chi connectivity index (χ0) is 15.4. The van der Waals surface area contributed by atoms with Gasteiger partial charge in [0.2, 0.25) is 0 Å². The third-order valence-corrected chi connectivity index (χ3v) is 3.91. The second kappa shape index (κ2) is 7.11. The molecule has 0 spiro atoms. The van der Waals surface area contributed by atoms with Gasteiger partial charge in [-0.05, 0) is 32.4 Å². The van der Waals surface area contributed by atoms with Crippen molar-refractivity contribution in [1.29, 1.82) is 0 Å². The van der Waals surface area contributed by atoms with Gasteiger partial charge in [-0.2, -0.15) is 0 Å². The predicted molar refractivity (Wildman–Crippen MR) is 82.9 cm³/mol. The van der Waals surface area contributed by atoms with Crippen molar-refractivity contribution in [2.75, 3.05) is 20.3 Å². The molecule has 3 atom stereocenters. The Morgan fingerprint density at radius 3 is 2.90 bits per heavy atom. The average Bonchev–Trinajstić information content (AvgIpc) is 2.82. The predicted octanol–water partition coefficient (Wildman–Crippen LogP) is 1.38. The lowest BCUT2D eigenvalue weighted by Crippen LogP contribution is -2.35. The summed E-state index contributed by atoms with van der Waals surface area (Å²) in [5, 5.41) is 12.5. The Labute approximate surface area is 126 Å². The van der Waals surface area contributed by atoms with Crippen LogP contribution in [0.15, 0.2) is 12.1 Å². The number of aliphatic hydroxyl groups excluding tert-OH is 1. The quantitative estimate of drug-likeness (QED) is 0.708. The molecule has 1 aromatic carbocycles. The Kier molecular flexibility index (Phi) is 5.45. The van der Waals surface area contributed by atoms with Gasteiger partial charge in [0.15, 0.2) is 0 Å². The molecule has 118 valence electrons. The maximum atomic E-state index is 9.03. The Balaban J connectivity index is 2.26. The zero-order valence-electron chi connectivity index (χ0n) is 13.1. The molecule has 0 aromatic heterocycles. The maximum absolute atomic E-state index is 9.03. The number of nitrogens with two attached hydrogens (primary N) is 1. The third kappa shape index (κ3) is 3.67. The minimum absolute atomic E-state index is 0.0219. The fourth-order valence-electron chi connectivity index (χ4n) is 2.81. The van der Waals surface area contributed by atoms with Crippen LogP contribution < -0.4 is 20.5 Å². The minimum Gasteiger partial charge on any atom is -0.496 e. The summed E-state index contributed by atoms with van der Waals surface area (Å²) in [6.45, 7) is 4.72. The topological polar surface area (TPSA) is 76.7 Å². The molecular weight excluding hydrogens is 268 g/mol. The van der Waals surface area contributed by atoms with Crippen LogP contribution in [0.1, 0.15) is 37.4 Å². The molecule has 2 rings (SSSR count). The molecule has 4 N–H and O–H groups in total. The number of hydrogen-bond acceptors (Lipinski definition) is 5. The van der Waals surface area contributed by atoms with Crippen LogP contribution in [-0.2, 0) is 6.42 Å². The van der Waals surface area contributed by atoms with Gasteiger partial charge in [0.25, 0.3) is 0 Å². The summed E-state index contributed by atoms with van der Waals surface area (Å²) in [7, 11) is 1.68. The number of methoxy groups -OCH3 is 1. The van der Waals surface area contributed by atoms with Gasteiger partial charge in [0.1, 0.15) is 17.6 Å². The molecule has 1 aliphatic rings. The van der Waals surface area contributed by atoms with Crippen LogP contribution in [0.5, 0.6) is 11.5 Å². The standard InChI is InChI=1S/C16H26N2O3/c1-10(4-5-19)18-14(9-17)13-8-15-12(6-11(2)21-15)7-16(13)20-3/h7-8,10-11,14,18-19H,4-6,9,17H2,1-3H3. The molecule has 0 bridgehead atoms. The van der Waals surface area contributed by atoms with Gasteiger partial charge in [0, 0.05) is 42.8 Å². The smallest absolute Gasteiger partial charge is 0.124 e. The van der Waals surface area contributed by atoms with Crippen LogP contribution in [-0.4, -0.2) is 37.5 Å². The van der Waals surface area contributed by atoms with Crippen molar-refractivity contribution in [2.24, 2.45) is 5.73 Å². The van der Waals surface area contributed by atoms with Crippen molar-refractivity contribution >= 4 is 0 Å². The van der Waals surface area contributed by atoms with E-state index in [9.17, 15) is 0 Å². The molecule has 0 fully saturated rings. The van der Waals surface area contributed by atoms with E-state index in [1.807, 2.05) is 13.0 Å². The van der Waals surface area contributed by atoms with Crippen LogP contribution in [0.4, 0.5) is 0 Å². The second-order valence-corrected chi connectivity index (χ2v) is 5.70. The highest BCUT2D eigenvalue weighted by Crippen LogP contribution is 2.37. The van der Waals surface area contributed by atoms with Crippen LogP contribution in [0.3, 0.4) is 0 Å². The first-order valence-corrected chi connectivity index (χ1v) is 7.53. The summed E-state index contributed by atoms with van der Waals surface area (Å²) >= 11 is 0. The van der Waals surface area contributed by atoms with Gasteiger partial charge < -0.3 is 25.6 Å². The lowest BCUT2D eigenvalue weighted by molar-refractivity contribution is 0.253. The molecule has 0 saturated carbocycles. The van der Waals surface area contributed by atoms with Gasteiger partial charge in [-0.1, -0.05) is 0 Å². The number of rotatable bonds is 7. The van der Waals surface area contributed by atoms with Crippen LogP contribution in [0.2, 0.25) is 0 Å². The lowest BCUT2D eigenvalue weighted by atomic mass is 10.00. The molecule has 0 saturated heterocycles. The Morgan fingerprint density at radius 2 is 2.29 bits per heavy atom. The summed E-state index contributed by atoms with van der Waals surface area (Å²) < 4.78 is 11.4. The van der Waals surface area contributed by atoms with E-state index in [1.165, 1.54) is 5.56 Å². The highest BCUT2D eigenvalue weighted by atomic mass is 16.5. The monoisotopic (exact) mass is 294 g/mol. The fourth-order valence-corrected chi connectivity index (χ4v) is 2.81. The van der Waals surface area contributed by atoms with E-state index in [1.54, 1.807) is 7.11 Å². The number of benzene rings is 1. The minimum atomic E-state index is -0.0219. The second-order valence-electron chi connectivity index (χ2n) is 5.70. The van der Waals surface area contributed by atoms with E-state index in [-0.39, 0.29) is 24.8 Å². The van der Waals surface area contributed by atoms with Crippen LogP contribution >= 0.6 is 0 Å².